The fraction of sp³-hybridized carbons (Fsp3) is 0.400. The van der Waals surface area contributed by atoms with Crippen molar-refractivity contribution in [1.29, 1.82) is 0 Å². The Bertz CT molecular complexity index is 284. The van der Waals surface area contributed by atoms with Crippen LogP contribution in [0.2, 0.25) is 0 Å². The largest absolute Gasteiger partial charge is 0.490 e. The van der Waals surface area contributed by atoms with E-state index in [1.54, 1.807) is 6.92 Å². The fourth-order valence-electron chi connectivity index (χ4n) is 0.933. The molecule has 1 unspecified atom stereocenters. The highest BCUT2D eigenvalue weighted by molar-refractivity contribution is 14.1. The number of hydrogen-bond acceptors (Lipinski definition) is 2. The van der Waals surface area contributed by atoms with Gasteiger partial charge in [0.05, 0.1) is 9.67 Å². The van der Waals surface area contributed by atoms with Crippen molar-refractivity contribution in [3.05, 3.63) is 27.3 Å². The number of ether oxygens (including phenoxy) is 1. The first-order chi connectivity index (χ1) is 6.09. The maximum atomic E-state index is 9.03. The Labute approximate surface area is 92.1 Å². The molecule has 0 aromatic heterocycles. The van der Waals surface area contributed by atoms with Crippen LogP contribution in [0.4, 0.5) is 0 Å². The topological polar surface area (TPSA) is 29.5 Å². The van der Waals surface area contributed by atoms with Crippen LogP contribution >= 0.6 is 22.6 Å². The van der Waals surface area contributed by atoms with Crippen LogP contribution < -0.4 is 4.74 Å². The Morgan fingerprint density at radius 1 is 1.54 bits per heavy atom. The van der Waals surface area contributed by atoms with Gasteiger partial charge in [-0.25, -0.2) is 0 Å². The van der Waals surface area contributed by atoms with E-state index in [1.165, 1.54) is 5.56 Å². The molecule has 1 aromatic carbocycles. The van der Waals surface area contributed by atoms with E-state index in [-0.39, 0.29) is 0 Å². The van der Waals surface area contributed by atoms with Gasteiger partial charge >= 0.3 is 0 Å². The minimum absolute atomic E-state index is 0.346. The molecular weight excluding hydrogens is 279 g/mol. The molecule has 3 heteroatoms. The molecule has 0 amide bonds. The van der Waals surface area contributed by atoms with Gasteiger partial charge in [0.25, 0.3) is 0 Å². The Hall–Kier alpha value is -0.290. The lowest BCUT2D eigenvalue weighted by molar-refractivity contribution is 0.122. The SMILES string of the molecule is Cc1ccc(OCC(C)O)c(I)c1. The summed E-state index contributed by atoms with van der Waals surface area (Å²) in [5, 5.41) is 9.03. The summed E-state index contributed by atoms with van der Waals surface area (Å²) in [5.41, 5.74) is 1.22. The molecule has 0 heterocycles. The lowest BCUT2D eigenvalue weighted by Crippen LogP contribution is -2.13. The highest BCUT2D eigenvalue weighted by Crippen LogP contribution is 2.21. The first kappa shape index (κ1) is 10.8. The second kappa shape index (κ2) is 4.81. The lowest BCUT2D eigenvalue weighted by atomic mass is 10.2. The summed E-state index contributed by atoms with van der Waals surface area (Å²) < 4.78 is 6.48. The monoisotopic (exact) mass is 292 g/mol. The molecule has 1 aromatic rings. The summed E-state index contributed by atoms with van der Waals surface area (Å²) in [6.07, 6.45) is -0.419. The smallest absolute Gasteiger partial charge is 0.132 e. The van der Waals surface area contributed by atoms with E-state index in [0.29, 0.717) is 6.61 Å². The van der Waals surface area contributed by atoms with E-state index in [4.69, 9.17) is 9.84 Å². The molecule has 1 rings (SSSR count). The van der Waals surface area contributed by atoms with Gasteiger partial charge in [-0.3, -0.25) is 0 Å². The lowest BCUT2D eigenvalue weighted by Gasteiger charge is -2.09. The number of rotatable bonds is 3. The van der Waals surface area contributed by atoms with Crippen LogP contribution in [-0.2, 0) is 0 Å². The molecule has 72 valence electrons. The first-order valence-electron chi connectivity index (χ1n) is 4.16. The summed E-state index contributed by atoms with van der Waals surface area (Å²) in [6, 6.07) is 5.98. The summed E-state index contributed by atoms with van der Waals surface area (Å²) in [5.74, 6) is 0.840. The predicted molar refractivity (Wildman–Crippen MR) is 61.1 cm³/mol. The highest BCUT2D eigenvalue weighted by atomic mass is 127. The summed E-state index contributed by atoms with van der Waals surface area (Å²) in [6.45, 7) is 4.10. The average Bonchev–Trinajstić information content (AvgIpc) is 2.02. The van der Waals surface area contributed by atoms with Crippen molar-refractivity contribution in [2.75, 3.05) is 6.61 Å². The van der Waals surface area contributed by atoms with Gasteiger partial charge in [-0.05, 0) is 54.1 Å². The predicted octanol–water partition coefficient (Wildman–Crippen LogP) is 2.36. The molecule has 1 N–H and O–H groups in total. The molecule has 0 fully saturated rings. The quantitative estimate of drug-likeness (QED) is 0.867. The Kier molecular flexibility index (Phi) is 3.99. The summed E-state index contributed by atoms with van der Waals surface area (Å²) in [7, 11) is 0. The highest BCUT2D eigenvalue weighted by Gasteiger charge is 2.02. The third-order valence-electron chi connectivity index (χ3n) is 1.57. The van der Waals surface area contributed by atoms with Crippen molar-refractivity contribution in [3.8, 4) is 5.75 Å². The van der Waals surface area contributed by atoms with Gasteiger partial charge in [0.2, 0.25) is 0 Å². The molecule has 0 aliphatic heterocycles. The van der Waals surface area contributed by atoms with E-state index in [1.807, 2.05) is 19.1 Å². The molecule has 2 nitrogen and oxygen atoms in total. The molecule has 0 saturated carbocycles. The van der Waals surface area contributed by atoms with Crippen molar-refractivity contribution in [3.63, 3.8) is 0 Å². The first-order valence-corrected chi connectivity index (χ1v) is 5.24. The zero-order valence-corrected chi connectivity index (χ0v) is 9.91. The molecule has 0 aliphatic carbocycles. The molecule has 1 atom stereocenters. The van der Waals surface area contributed by atoms with Gasteiger partial charge in [-0.1, -0.05) is 6.07 Å². The van der Waals surface area contributed by atoms with E-state index >= 15 is 0 Å². The summed E-state index contributed by atoms with van der Waals surface area (Å²) >= 11 is 2.23. The minimum Gasteiger partial charge on any atom is -0.490 e. The van der Waals surface area contributed by atoms with Gasteiger partial charge in [0.1, 0.15) is 12.4 Å². The van der Waals surface area contributed by atoms with Crippen molar-refractivity contribution in [1.82, 2.24) is 0 Å². The normalized spacial score (nSPS) is 12.6. The second-order valence-electron chi connectivity index (χ2n) is 3.09. The van der Waals surface area contributed by atoms with E-state index < -0.39 is 6.10 Å². The number of aliphatic hydroxyl groups excluding tert-OH is 1. The van der Waals surface area contributed by atoms with Gasteiger partial charge in [0, 0.05) is 0 Å². The standard InChI is InChI=1S/C10H13IO2/c1-7-3-4-10(9(11)5-7)13-6-8(2)12/h3-5,8,12H,6H2,1-2H3. The molecule has 13 heavy (non-hydrogen) atoms. The minimum atomic E-state index is -0.419. The van der Waals surface area contributed by atoms with Crippen LogP contribution in [0.5, 0.6) is 5.75 Å². The Morgan fingerprint density at radius 3 is 2.77 bits per heavy atom. The van der Waals surface area contributed by atoms with Crippen molar-refractivity contribution in [2.24, 2.45) is 0 Å². The number of halogens is 1. The van der Waals surface area contributed by atoms with Crippen LogP contribution in [0.1, 0.15) is 12.5 Å². The van der Waals surface area contributed by atoms with E-state index in [0.717, 1.165) is 9.32 Å². The Morgan fingerprint density at radius 2 is 2.23 bits per heavy atom. The third kappa shape index (κ3) is 3.52. The Balaban J connectivity index is 2.67. The number of hydrogen-bond donors (Lipinski definition) is 1. The van der Waals surface area contributed by atoms with Gasteiger partial charge in [0.15, 0.2) is 0 Å². The van der Waals surface area contributed by atoms with Crippen molar-refractivity contribution in [2.45, 2.75) is 20.0 Å². The number of benzene rings is 1. The molecule has 0 spiro atoms. The molecule has 0 radical (unpaired) electrons. The molecular formula is C10H13IO2. The van der Waals surface area contributed by atoms with E-state index in [9.17, 15) is 0 Å². The number of aryl methyl sites for hydroxylation is 1. The van der Waals surface area contributed by atoms with Gasteiger partial charge in [-0.2, -0.15) is 0 Å². The average molecular weight is 292 g/mol. The van der Waals surface area contributed by atoms with Gasteiger partial charge in [-0.15, -0.1) is 0 Å². The van der Waals surface area contributed by atoms with Crippen LogP contribution in [0.15, 0.2) is 18.2 Å². The zero-order valence-electron chi connectivity index (χ0n) is 7.75. The molecule has 0 saturated heterocycles. The maximum absolute atomic E-state index is 9.03. The summed E-state index contributed by atoms with van der Waals surface area (Å²) in [4.78, 5) is 0. The van der Waals surface area contributed by atoms with Crippen molar-refractivity contribution < 1.29 is 9.84 Å². The van der Waals surface area contributed by atoms with Crippen molar-refractivity contribution >= 4 is 22.6 Å². The van der Waals surface area contributed by atoms with Crippen LogP contribution in [0, 0.1) is 10.5 Å². The maximum Gasteiger partial charge on any atom is 0.132 e. The van der Waals surface area contributed by atoms with Crippen LogP contribution in [-0.4, -0.2) is 17.8 Å². The van der Waals surface area contributed by atoms with E-state index in [2.05, 4.69) is 28.7 Å². The zero-order chi connectivity index (χ0) is 9.84. The number of aliphatic hydroxyl groups is 1. The third-order valence-corrected chi connectivity index (χ3v) is 2.41. The van der Waals surface area contributed by atoms with Crippen LogP contribution in [0.3, 0.4) is 0 Å². The molecule has 0 aliphatic rings. The second-order valence-corrected chi connectivity index (χ2v) is 4.26. The fourth-order valence-corrected chi connectivity index (χ4v) is 1.76. The van der Waals surface area contributed by atoms with Gasteiger partial charge < -0.3 is 9.84 Å². The van der Waals surface area contributed by atoms with Crippen LogP contribution in [0.25, 0.3) is 0 Å². The molecule has 0 bridgehead atoms.